The third kappa shape index (κ3) is 3.99. The van der Waals surface area contributed by atoms with Gasteiger partial charge in [-0.25, -0.2) is 0 Å². The van der Waals surface area contributed by atoms with Gasteiger partial charge < -0.3 is 9.88 Å². The van der Waals surface area contributed by atoms with Crippen molar-refractivity contribution in [1.82, 2.24) is 9.88 Å². The molecule has 1 aliphatic rings. The third-order valence-corrected chi connectivity index (χ3v) is 6.46. The third-order valence-electron chi connectivity index (χ3n) is 6.46. The van der Waals surface area contributed by atoms with Crippen LogP contribution in [-0.4, -0.2) is 10.5 Å². The largest absolute Gasteiger partial charge is 0.348 e. The van der Waals surface area contributed by atoms with Gasteiger partial charge in [-0.2, -0.15) is 0 Å². The summed E-state index contributed by atoms with van der Waals surface area (Å²) in [5, 5.41) is 3.05. The minimum absolute atomic E-state index is 0.0439. The Bertz CT molecular complexity index is 1240. The molecule has 1 heterocycles. The predicted molar refractivity (Wildman–Crippen MR) is 130 cm³/mol. The molecule has 0 atom stereocenters. The Kier molecular flexibility index (Phi) is 5.64. The summed E-state index contributed by atoms with van der Waals surface area (Å²) in [4.78, 5) is 12.7. The Morgan fingerprint density at radius 3 is 2.38 bits per heavy atom. The van der Waals surface area contributed by atoms with E-state index in [1.807, 2.05) is 24.3 Å². The van der Waals surface area contributed by atoms with Crippen LogP contribution in [0, 0.1) is 6.92 Å². The number of amides is 1. The van der Waals surface area contributed by atoms with Crippen molar-refractivity contribution < 1.29 is 4.79 Å². The molecule has 3 nitrogen and oxygen atoms in total. The number of rotatable bonds is 5. The molecule has 160 valence electrons. The molecule has 0 bridgehead atoms. The number of carbonyl (C=O) groups excluding carboxylic acids is 1. The van der Waals surface area contributed by atoms with Crippen LogP contribution >= 0.6 is 0 Å². The molecule has 3 aromatic carbocycles. The van der Waals surface area contributed by atoms with Gasteiger partial charge in [0.25, 0.3) is 5.91 Å². The highest BCUT2D eigenvalue weighted by atomic mass is 16.1. The number of aromatic nitrogens is 1. The average molecular weight is 421 g/mol. The van der Waals surface area contributed by atoms with Gasteiger partial charge in [0.05, 0.1) is 5.69 Å². The van der Waals surface area contributed by atoms with E-state index in [0.29, 0.717) is 12.1 Å². The van der Waals surface area contributed by atoms with Crippen molar-refractivity contribution in [2.45, 2.75) is 39.2 Å². The van der Waals surface area contributed by atoms with Crippen LogP contribution in [0.15, 0.2) is 84.9 Å². The first kappa shape index (κ1) is 20.3. The zero-order valence-electron chi connectivity index (χ0n) is 18.5. The minimum Gasteiger partial charge on any atom is -0.348 e. The average Bonchev–Trinajstić information content (AvgIpc) is 3.24. The number of nitrogens with zero attached hydrogens (tertiary/aromatic N) is 1. The van der Waals surface area contributed by atoms with Gasteiger partial charge in [-0.3, -0.25) is 4.79 Å². The van der Waals surface area contributed by atoms with E-state index >= 15 is 0 Å². The van der Waals surface area contributed by atoms with E-state index in [1.165, 1.54) is 40.9 Å². The molecular formula is C29H28N2O. The Morgan fingerprint density at radius 1 is 0.875 bits per heavy atom. The lowest BCUT2D eigenvalue weighted by molar-refractivity contribution is 0.0951. The van der Waals surface area contributed by atoms with E-state index in [-0.39, 0.29) is 5.91 Å². The van der Waals surface area contributed by atoms with Gasteiger partial charge in [0.1, 0.15) is 0 Å². The minimum atomic E-state index is -0.0439. The van der Waals surface area contributed by atoms with Crippen molar-refractivity contribution in [1.29, 1.82) is 0 Å². The Labute approximate surface area is 189 Å². The van der Waals surface area contributed by atoms with Crippen molar-refractivity contribution in [2.24, 2.45) is 0 Å². The summed E-state index contributed by atoms with van der Waals surface area (Å²) < 4.78 is 2.39. The molecular weight excluding hydrogens is 392 g/mol. The highest BCUT2D eigenvalue weighted by Gasteiger charge is 2.20. The summed E-state index contributed by atoms with van der Waals surface area (Å²) in [6, 6.07) is 29.1. The second-order valence-corrected chi connectivity index (χ2v) is 8.57. The standard InChI is InChI=1S/C29H28N2O/c1-21-9-5-6-13-25(21)20-30-29(32)23-15-17-26(18-16-23)31-27-14-8-7-12-24(27)19-28(31)22-10-3-2-4-11-22/h2-6,9-11,13,15-19H,7-8,12,14,20H2,1H3,(H,30,32). The Hall–Kier alpha value is -3.59. The lowest BCUT2D eigenvalue weighted by Crippen LogP contribution is -2.23. The Balaban J connectivity index is 1.42. The van der Waals surface area contributed by atoms with Gasteiger partial charge in [0.2, 0.25) is 0 Å². The molecule has 0 aliphatic heterocycles. The normalized spacial score (nSPS) is 12.9. The fourth-order valence-electron chi connectivity index (χ4n) is 4.66. The van der Waals surface area contributed by atoms with E-state index in [2.05, 4.69) is 77.5 Å². The number of hydrogen-bond donors (Lipinski definition) is 1. The molecule has 1 aliphatic carbocycles. The Morgan fingerprint density at radius 2 is 1.59 bits per heavy atom. The van der Waals surface area contributed by atoms with E-state index < -0.39 is 0 Å². The van der Waals surface area contributed by atoms with Crippen LogP contribution < -0.4 is 5.32 Å². The van der Waals surface area contributed by atoms with E-state index in [4.69, 9.17) is 0 Å². The number of aryl methyl sites for hydroxylation is 2. The summed E-state index contributed by atoms with van der Waals surface area (Å²) in [6.07, 6.45) is 4.72. The maximum atomic E-state index is 12.7. The maximum absolute atomic E-state index is 12.7. The van der Waals surface area contributed by atoms with E-state index in [0.717, 1.165) is 24.1 Å². The van der Waals surface area contributed by atoms with Crippen LogP contribution in [0.3, 0.4) is 0 Å². The van der Waals surface area contributed by atoms with E-state index in [9.17, 15) is 4.79 Å². The molecule has 0 spiro atoms. The van der Waals surface area contributed by atoms with Crippen molar-refractivity contribution in [3.8, 4) is 16.9 Å². The number of fused-ring (bicyclic) bond motifs is 1. The molecule has 1 N–H and O–H groups in total. The van der Waals surface area contributed by atoms with Crippen LogP contribution in [-0.2, 0) is 19.4 Å². The quantitative estimate of drug-likeness (QED) is 0.406. The van der Waals surface area contributed by atoms with Crippen LogP contribution in [0.2, 0.25) is 0 Å². The van der Waals surface area contributed by atoms with Crippen molar-refractivity contribution in [3.05, 3.63) is 113 Å². The molecule has 5 rings (SSSR count). The molecule has 0 saturated carbocycles. The van der Waals surface area contributed by atoms with Gasteiger partial charge in [-0.1, -0.05) is 54.6 Å². The lowest BCUT2D eigenvalue weighted by atomic mass is 9.98. The molecule has 1 aromatic heterocycles. The zero-order chi connectivity index (χ0) is 21.9. The summed E-state index contributed by atoms with van der Waals surface area (Å²) >= 11 is 0. The predicted octanol–water partition coefficient (Wildman–Crippen LogP) is 6.26. The zero-order valence-corrected chi connectivity index (χ0v) is 18.5. The number of carbonyl (C=O) groups is 1. The lowest BCUT2D eigenvalue weighted by Gasteiger charge is -2.18. The molecule has 4 aromatic rings. The smallest absolute Gasteiger partial charge is 0.251 e. The second kappa shape index (κ2) is 8.88. The summed E-state index contributed by atoms with van der Waals surface area (Å²) in [5.74, 6) is -0.0439. The molecule has 3 heteroatoms. The first-order chi connectivity index (χ1) is 15.7. The van der Waals surface area contributed by atoms with E-state index in [1.54, 1.807) is 0 Å². The second-order valence-electron chi connectivity index (χ2n) is 8.57. The van der Waals surface area contributed by atoms with Crippen LogP contribution in [0.1, 0.15) is 45.6 Å². The summed E-state index contributed by atoms with van der Waals surface area (Å²) in [7, 11) is 0. The van der Waals surface area contributed by atoms with Crippen LogP contribution in [0.25, 0.3) is 16.9 Å². The monoisotopic (exact) mass is 420 g/mol. The van der Waals surface area contributed by atoms with Crippen molar-refractivity contribution >= 4 is 5.91 Å². The molecule has 0 radical (unpaired) electrons. The SMILES string of the molecule is Cc1ccccc1CNC(=O)c1ccc(-n2c(-c3ccccc3)cc3c2CCCC3)cc1. The van der Waals surface area contributed by atoms with Crippen LogP contribution in [0.5, 0.6) is 0 Å². The van der Waals surface area contributed by atoms with Crippen LogP contribution in [0.4, 0.5) is 0 Å². The van der Waals surface area contributed by atoms with Gasteiger partial charge in [0, 0.05) is 23.5 Å². The van der Waals surface area contributed by atoms with Gasteiger partial charge in [-0.15, -0.1) is 0 Å². The fourth-order valence-corrected chi connectivity index (χ4v) is 4.66. The summed E-state index contributed by atoms with van der Waals surface area (Å²) in [6.45, 7) is 2.61. The first-order valence-electron chi connectivity index (χ1n) is 11.4. The first-order valence-corrected chi connectivity index (χ1v) is 11.4. The topological polar surface area (TPSA) is 34.0 Å². The highest BCUT2D eigenvalue weighted by molar-refractivity contribution is 5.94. The van der Waals surface area contributed by atoms with Crippen molar-refractivity contribution in [2.75, 3.05) is 0 Å². The van der Waals surface area contributed by atoms with Gasteiger partial charge in [0.15, 0.2) is 0 Å². The highest BCUT2D eigenvalue weighted by Crippen LogP contribution is 2.33. The maximum Gasteiger partial charge on any atom is 0.251 e. The van der Waals surface area contributed by atoms with Gasteiger partial charge >= 0.3 is 0 Å². The summed E-state index contributed by atoms with van der Waals surface area (Å²) in [5.41, 5.74) is 9.45. The van der Waals surface area contributed by atoms with Crippen molar-refractivity contribution in [3.63, 3.8) is 0 Å². The molecule has 0 saturated heterocycles. The number of hydrogen-bond acceptors (Lipinski definition) is 1. The molecule has 0 unspecified atom stereocenters. The molecule has 0 fully saturated rings. The molecule has 32 heavy (non-hydrogen) atoms. The van der Waals surface area contributed by atoms with Gasteiger partial charge in [-0.05, 0) is 85.2 Å². The number of benzene rings is 3. The molecule has 1 amide bonds. The fraction of sp³-hybridized carbons (Fsp3) is 0.207. The number of nitrogens with one attached hydrogen (secondary N) is 1.